The Kier molecular flexibility index (Phi) is 8.33. The smallest absolute Gasteiger partial charge is 0.161 e. The molecule has 0 amide bonds. The third-order valence-electron chi connectivity index (χ3n) is 7.40. The van der Waals surface area contributed by atoms with Gasteiger partial charge in [0.05, 0.1) is 39.9 Å². The maximum Gasteiger partial charge on any atom is 0.161 e. The van der Waals surface area contributed by atoms with Crippen LogP contribution in [0.2, 0.25) is 0 Å². The lowest BCUT2D eigenvalue weighted by Gasteiger charge is -2.36. The van der Waals surface area contributed by atoms with Crippen molar-refractivity contribution in [3.8, 4) is 29.1 Å². The number of methoxy groups -OCH3 is 4. The summed E-state index contributed by atoms with van der Waals surface area (Å²) in [5, 5.41) is 10.4. The van der Waals surface area contributed by atoms with Gasteiger partial charge in [0, 0.05) is 12.6 Å². The molecule has 2 atom stereocenters. The van der Waals surface area contributed by atoms with Crippen molar-refractivity contribution in [2.75, 3.05) is 35.5 Å². The second-order valence-electron chi connectivity index (χ2n) is 9.45. The van der Waals surface area contributed by atoms with Crippen LogP contribution in [0.3, 0.4) is 0 Å². The number of benzene rings is 2. The molecule has 2 aromatic carbocycles. The van der Waals surface area contributed by atoms with Crippen molar-refractivity contribution in [1.29, 1.82) is 5.26 Å². The van der Waals surface area contributed by atoms with Crippen molar-refractivity contribution in [2.24, 2.45) is 5.92 Å². The Morgan fingerprint density at radius 2 is 1.53 bits per heavy atom. The molecule has 3 rings (SSSR count). The Morgan fingerprint density at radius 3 is 2.09 bits per heavy atom. The number of nitrogens with zero attached hydrogens (tertiary/aromatic N) is 2. The quantitative estimate of drug-likeness (QED) is 0.469. The maximum absolute atomic E-state index is 10.4. The van der Waals surface area contributed by atoms with Gasteiger partial charge in [-0.3, -0.25) is 4.90 Å². The van der Waals surface area contributed by atoms with Gasteiger partial charge in [-0.25, -0.2) is 0 Å². The van der Waals surface area contributed by atoms with Gasteiger partial charge < -0.3 is 18.9 Å². The van der Waals surface area contributed by atoms with Crippen LogP contribution in [0.25, 0.3) is 0 Å². The summed E-state index contributed by atoms with van der Waals surface area (Å²) in [7, 11) is 8.79. The van der Waals surface area contributed by atoms with E-state index in [-0.39, 0.29) is 5.92 Å². The molecule has 0 aromatic heterocycles. The van der Waals surface area contributed by atoms with Crippen molar-refractivity contribution >= 4 is 0 Å². The fraction of sp³-hybridized carbons (Fsp3) is 0.536. The van der Waals surface area contributed by atoms with Crippen LogP contribution < -0.4 is 18.9 Å². The first kappa shape index (κ1) is 25.7. The molecule has 184 valence electrons. The van der Waals surface area contributed by atoms with Gasteiger partial charge in [0.2, 0.25) is 0 Å². The van der Waals surface area contributed by atoms with E-state index in [1.165, 1.54) is 11.1 Å². The predicted octanol–water partition coefficient (Wildman–Crippen LogP) is 5.37. The molecule has 0 fully saturated rings. The fourth-order valence-electron chi connectivity index (χ4n) is 5.18. The van der Waals surface area contributed by atoms with Crippen LogP contribution in [0, 0.1) is 17.2 Å². The van der Waals surface area contributed by atoms with Crippen LogP contribution >= 0.6 is 0 Å². The number of rotatable bonds is 10. The van der Waals surface area contributed by atoms with E-state index in [1.807, 2.05) is 18.2 Å². The molecular formula is C28H38N2O4. The maximum atomic E-state index is 10.4. The first-order valence-electron chi connectivity index (χ1n) is 11.9. The fourth-order valence-corrected chi connectivity index (χ4v) is 5.18. The molecule has 0 aliphatic carbocycles. The Bertz CT molecular complexity index is 1030. The van der Waals surface area contributed by atoms with Crippen LogP contribution in [0.5, 0.6) is 23.0 Å². The summed E-state index contributed by atoms with van der Waals surface area (Å²) < 4.78 is 21.9. The standard InChI is InChI=1S/C28H38N2O4/c1-19(2)28(18-29,22-10-11-24(31-4)27(16-22)34-7)12-8-9-23-13-20-14-25(32-5)26(33-6)15-21(20)17-30(23)3/h10-11,14-16,19,23H,8-9,12-13,17H2,1-7H3/t23-,28?/m0/s1. The van der Waals surface area contributed by atoms with Crippen molar-refractivity contribution < 1.29 is 18.9 Å². The minimum Gasteiger partial charge on any atom is -0.493 e. The molecule has 1 aliphatic rings. The lowest BCUT2D eigenvalue weighted by Crippen LogP contribution is -2.38. The van der Waals surface area contributed by atoms with Crippen molar-refractivity contribution in [3.05, 3.63) is 47.0 Å². The molecule has 0 radical (unpaired) electrons. The number of hydrogen-bond donors (Lipinski definition) is 0. The number of hydrogen-bond acceptors (Lipinski definition) is 6. The second kappa shape index (κ2) is 11.0. The van der Waals surface area contributed by atoms with Gasteiger partial charge in [-0.15, -0.1) is 0 Å². The minimum atomic E-state index is -0.582. The SMILES string of the molecule is COc1ccc(C(C#N)(CCC[C@H]2Cc3cc(OC)c(OC)cc3CN2C)C(C)C)cc1OC. The number of nitriles is 1. The molecule has 1 aliphatic heterocycles. The average molecular weight is 467 g/mol. The molecule has 0 N–H and O–H groups in total. The molecule has 6 heteroatoms. The van der Waals surface area contributed by atoms with E-state index in [0.29, 0.717) is 17.5 Å². The van der Waals surface area contributed by atoms with Gasteiger partial charge in [0.15, 0.2) is 23.0 Å². The zero-order chi connectivity index (χ0) is 24.9. The number of likely N-dealkylation sites (N-methyl/N-ethyl adjacent to an activating group) is 1. The number of fused-ring (bicyclic) bond motifs is 1. The highest BCUT2D eigenvalue weighted by Crippen LogP contribution is 2.41. The molecular weight excluding hydrogens is 428 g/mol. The summed E-state index contributed by atoms with van der Waals surface area (Å²) in [6.07, 6.45) is 3.73. The highest BCUT2D eigenvalue weighted by Gasteiger charge is 2.37. The van der Waals surface area contributed by atoms with E-state index in [9.17, 15) is 5.26 Å². The molecule has 2 aromatic rings. The van der Waals surface area contributed by atoms with Crippen molar-refractivity contribution in [2.45, 2.75) is 57.5 Å². The van der Waals surface area contributed by atoms with E-state index in [1.54, 1.807) is 28.4 Å². The lowest BCUT2D eigenvalue weighted by molar-refractivity contribution is 0.194. The normalized spacial score (nSPS) is 17.4. The molecule has 6 nitrogen and oxygen atoms in total. The molecule has 0 spiro atoms. The Balaban J connectivity index is 1.77. The Morgan fingerprint density at radius 1 is 0.941 bits per heavy atom. The monoisotopic (exact) mass is 466 g/mol. The Hall–Kier alpha value is -2.91. The zero-order valence-electron chi connectivity index (χ0n) is 21.6. The molecule has 1 heterocycles. The summed E-state index contributed by atoms with van der Waals surface area (Å²) in [5.74, 6) is 3.06. The van der Waals surface area contributed by atoms with Crippen LogP contribution in [-0.4, -0.2) is 46.4 Å². The summed E-state index contributed by atoms with van der Waals surface area (Å²) in [5.41, 5.74) is 3.01. The first-order chi connectivity index (χ1) is 16.3. The van der Waals surface area contributed by atoms with Crippen LogP contribution in [0.1, 0.15) is 49.8 Å². The van der Waals surface area contributed by atoms with E-state index >= 15 is 0 Å². The van der Waals surface area contributed by atoms with Crippen LogP contribution in [0.4, 0.5) is 0 Å². The van der Waals surface area contributed by atoms with Crippen LogP contribution in [-0.2, 0) is 18.4 Å². The topological polar surface area (TPSA) is 64.0 Å². The van der Waals surface area contributed by atoms with Gasteiger partial charge in [0.25, 0.3) is 0 Å². The van der Waals surface area contributed by atoms with Crippen molar-refractivity contribution in [1.82, 2.24) is 4.90 Å². The largest absolute Gasteiger partial charge is 0.493 e. The van der Waals surface area contributed by atoms with E-state index in [4.69, 9.17) is 18.9 Å². The molecule has 0 saturated heterocycles. The highest BCUT2D eigenvalue weighted by atomic mass is 16.5. The van der Waals surface area contributed by atoms with Gasteiger partial charge in [-0.05, 0) is 79.6 Å². The number of ether oxygens (including phenoxy) is 4. The van der Waals surface area contributed by atoms with Gasteiger partial charge in [-0.1, -0.05) is 19.9 Å². The Labute approximate surface area is 204 Å². The second-order valence-corrected chi connectivity index (χ2v) is 9.45. The van der Waals surface area contributed by atoms with E-state index in [2.05, 4.69) is 44.0 Å². The summed E-state index contributed by atoms with van der Waals surface area (Å²) in [6.45, 7) is 5.13. The summed E-state index contributed by atoms with van der Waals surface area (Å²) in [6, 6.07) is 13.2. The van der Waals surface area contributed by atoms with Gasteiger partial charge in [0.1, 0.15) is 0 Å². The molecule has 0 saturated carbocycles. The third kappa shape index (κ3) is 4.95. The third-order valence-corrected chi connectivity index (χ3v) is 7.40. The molecule has 0 bridgehead atoms. The van der Waals surface area contributed by atoms with Crippen molar-refractivity contribution in [3.63, 3.8) is 0 Å². The van der Waals surface area contributed by atoms with Crippen LogP contribution in [0.15, 0.2) is 30.3 Å². The molecule has 34 heavy (non-hydrogen) atoms. The average Bonchev–Trinajstić information content (AvgIpc) is 2.85. The zero-order valence-corrected chi connectivity index (χ0v) is 21.6. The lowest BCUT2D eigenvalue weighted by atomic mass is 9.69. The van der Waals surface area contributed by atoms with E-state index < -0.39 is 5.41 Å². The van der Waals surface area contributed by atoms with Gasteiger partial charge in [-0.2, -0.15) is 5.26 Å². The van der Waals surface area contributed by atoms with E-state index in [0.717, 1.165) is 49.3 Å². The highest BCUT2D eigenvalue weighted by molar-refractivity contribution is 5.49. The predicted molar refractivity (Wildman–Crippen MR) is 134 cm³/mol. The molecule has 1 unspecified atom stereocenters. The summed E-state index contributed by atoms with van der Waals surface area (Å²) >= 11 is 0. The summed E-state index contributed by atoms with van der Waals surface area (Å²) in [4.78, 5) is 2.41. The minimum absolute atomic E-state index is 0.164. The van der Waals surface area contributed by atoms with Gasteiger partial charge >= 0.3 is 0 Å². The first-order valence-corrected chi connectivity index (χ1v) is 11.9.